The first-order valence-electron chi connectivity index (χ1n) is 5.25. The normalized spacial score (nSPS) is 12.6. The molecule has 0 amide bonds. The van der Waals surface area contributed by atoms with E-state index in [2.05, 4.69) is 11.8 Å². The summed E-state index contributed by atoms with van der Waals surface area (Å²) >= 11 is 0. The molecule has 0 aliphatic carbocycles. The molecule has 0 radical (unpaired) electrons. The minimum atomic E-state index is -0.154. The quantitative estimate of drug-likeness (QED) is 0.826. The molecule has 1 unspecified atom stereocenters. The Kier molecular flexibility index (Phi) is 4.09. The van der Waals surface area contributed by atoms with E-state index in [1.165, 1.54) is 6.07 Å². The van der Waals surface area contributed by atoms with Crippen molar-refractivity contribution in [2.75, 3.05) is 18.5 Å². The van der Waals surface area contributed by atoms with E-state index in [1.54, 1.807) is 13.0 Å². The van der Waals surface area contributed by atoms with Crippen molar-refractivity contribution in [3.63, 3.8) is 0 Å². The molecule has 1 aromatic carbocycles. The Labute approximate surface area is 90.9 Å². The predicted octanol–water partition coefficient (Wildman–Crippen LogP) is 2.31. The van der Waals surface area contributed by atoms with Gasteiger partial charge in [-0.1, -0.05) is 0 Å². The van der Waals surface area contributed by atoms with Gasteiger partial charge in [0, 0.05) is 18.8 Å². The third-order valence-electron chi connectivity index (χ3n) is 2.79. The van der Waals surface area contributed by atoms with Crippen molar-refractivity contribution in [2.24, 2.45) is 5.73 Å². The topological polar surface area (TPSA) is 29.3 Å². The molecular weight excluding hydrogens is 191 g/mol. The monoisotopic (exact) mass is 210 g/mol. The number of nitrogens with zero attached hydrogens (tertiary/aromatic N) is 1. The first-order valence-corrected chi connectivity index (χ1v) is 5.25. The van der Waals surface area contributed by atoms with Crippen LogP contribution >= 0.6 is 0 Å². The lowest BCUT2D eigenvalue weighted by atomic mass is 10.1. The number of hydrogen-bond donors (Lipinski definition) is 1. The molecule has 1 atom stereocenters. The van der Waals surface area contributed by atoms with Crippen molar-refractivity contribution in [3.8, 4) is 0 Å². The fraction of sp³-hybridized carbons (Fsp3) is 0.500. The molecule has 0 spiro atoms. The van der Waals surface area contributed by atoms with Crippen molar-refractivity contribution < 1.29 is 4.39 Å². The van der Waals surface area contributed by atoms with E-state index in [4.69, 9.17) is 5.73 Å². The van der Waals surface area contributed by atoms with Gasteiger partial charge in [0.05, 0.1) is 0 Å². The van der Waals surface area contributed by atoms with Crippen LogP contribution in [0.1, 0.15) is 18.9 Å². The molecule has 2 N–H and O–H groups in total. The van der Waals surface area contributed by atoms with Crippen LogP contribution < -0.4 is 10.6 Å². The molecule has 0 aliphatic heterocycles. The second-order valence-electron chi connectivity index (χ2n) is 3.97. The Morgan fingerprint density at radius 2 is 2.13 bits per heavy atom. The van der Waals surface area contributed by atoms with E-state index in [1.807, 2.05) is 13.1 Å². The molecule has 3 heteroatoms. The maximum absolute atomic E-state index is 13.1. The molecule has 84 valence electrons. The molecule has 0 saturated carbocycles. The molecule has 1 aromatic rings. The summed E-state index contributed by atoms with van der Waals surface area (Å²) in [6.07, 6.45) is 0.937. The van der Waals surface area contributed by atoms with Gasteiger partial charge in [0.25, 0.3) is 0 Å². The highest BCUT2D eigenvalue weighted by molar-refractivity contribution is 5.48. The molecule has 0 aromatic heterocycles. The van der Waals surface area contributed by atoms with Crippen molar-refractivity contribution in [1.29, 1.82) is 0 Å². The maximum atomic E-state index is 13.1. The zero-order chi connectivity index (χ0) is 11.4. The second kappa shape index (κ2) is 5.12. The van der Waals surface area contributed by atoms with Crippen LogP contribution in [0.5, 0.6) is 0 Å². The second-order valence-corrected chi connectivity index (χ2v) is 3.97. The lowest BCUT2D eigenvalue weighted by Gasteiger charge is -2.27. The molecular formula is C12H19FN2. The highest BCUT2D eigenvalue weighted by Gasteiger charge is 2.09. The summed E-state index contributed by atoms with van der Waals surface area (Å²) in [7, 11) is 2.01. The Bertz CT molecular complexity index is 325. The molecule has 0 heterocycles. The molecule has 2 nitrogen and oxygen atoms in total. The zero-order valence-electron chi connectivity index (χ0n) is 9.63. The Hall–Kier alpha value is -1.09. The smallest absolute Gasteiger partial charge is 0.126 e. The fourth-order valence-electron chi connectivity index (χ4n) is 1.54. The number of halogens is 1. The standard InChI is InChI=1S/C12H19FN2/c1-9-8-11(4-5-12(9)13)15(3)10(2)6-7-14/h4-5,8,10H,6-7,14H2,1-3H3. The first kappa shape index (κ1) is 12.0. The summed E-state index contributed by atoms with van der Waals surface area (Å²) in [5.74, 6) is -0.154. The van der Waals surface area contributed by atoms with Gasteiger partial charge in [0.15, 0.2) is 0 Å². The van der Waals surface area contributed by atoms with Crippen molar-refractivity contribution in [1.82, 2.24) is 0 Å². The van der Waals surface area contributed by atoms with E-state index >= 15 is 0 Å². The van der Waals surface area contributed by atoms with Crippen molar-refractivity contribution in [3.05, 3.63) is 29.6 Å². The first-order chi connectivity index (χ1) is 7.06. The van der Waals surface area contributed by atoms with Gasteiger partial charge in [-0.3, -0.25) is 0 Å². The number of hydrogen-bond acceptors (Lipinski definition) is 2. The average Bonchev–Trinajstić information content (AvgIpc) is 2.21. The van der Waals surface area contributed by atoms with E-state index in [9.17, 15) is 4.39 Å². The van der Waals surface area contributed by atoms with Crippen LogP contribution in [0.2, 0.25) is 0 Å². The van der Waals surface area contributed by atoms with Crippen molar-refractivity contribution >= 4 is 5.69 Å². The molecule has 0 saturated heterocycles. The highest BCUT2D eigenvalue weighted by atomic mass is 19.1. The fourth-order valence-corrected chi connectivity index (χ4v) is 1.54. The van der Waals surface area contributed by atoms with E-state index in [0.29, 0.717) is 18.2 Å². The number of anilines is 1. The third-order valence-corrected chi connectivity index (χ3v) is 2.79. The lowest BCUT2D eigenvalue weighted by Crippen LogP contribution is -2.30. The van der Waals surface area contributed by atoms with E-state index in [0.717, 1.165) is 12.1 Å². The minimum absolute atomic E-state index is 0.154. The van der Waals surface area contributed by atoms with Crippen LogP contribution in [0.25, 0.3) is 0 Å². The summed E-state index contributed by atoms with van der Waals surface area (Å²) in [5.41, 5.74) is 7.23. The van der Waals surface area contributed by atoms with Gasteiger partial charge in [-0.05, 0) is 50.6 Å². The number of aryl methyl sites for hydroxylation is 1. The molecule has 15 heavy (non-hydrogen) atoms. The molecule has 0 fully saturated rings. The van der Waals surface area contributed by atoms with Gasteiger partial charge in [0.1, 0.15) is 5.82 Å². The SMILES string of the molecule is Cc1cc(N(C)C(C)CCN)ccc1F. The van der Waals surface area contributed by atoms with Gasteiger partial charge in [-0.15, -0.1) is 0 Å². The van der Waals surface area contributed by atoms with Crippen LogP contribution in [-0.2, 0) is 0 Å². The minimum Gasteiger partial charge on any atom is -0.372 e. The molecule has 0 bridgehead atoms. The molecule has 0 aliphatic rings. The summed E-state index contributed by atoms with van der Waals surface area (Å²) < 4.78 is 13.1. The number of rotatable bonds is 4. The van der Waals surface area contributed by atoms with Gasteiger partial charge in [-0.25, -0.2) is 4.39 Å². The predicted molar refractivity (Wildman–Crippen MR) is 62.7 cm³/mol. The van der Waals surface area contributed by atoms with E-state index in [-0.39, 0.29) is 5.82 Å². The molecule has 1 rings (SSSR count). The number of nitrogens with two attached hydrogens (primary N) is 1. The van der Waals surface area contributed by atoms with Gasteiger partial charge in [-0.2, -0.15) is 0 Å². The van der Waals surface area contributed by atoms with Crippen LogP contribution in [0.15, 0.2) is 18.2 Å². The summed E-state index contributed by atoms with van der Waals surface area (Å²) in [6, 6.07) is 5.55. The van der Waals surface area contributed by atoms with Crippen molar-refractivity contribution in [2.45, 2.75) is 26.3 Å². The zero-order valence-corrected chi connectivity index (χ0v) is 9.63. The van der Waals surface area contributed by atoms with Crippen LogP contribution in [-0.4, -0.2) is 19.6 Å². The number of benzene rings is 1. The lowest BCUT2D eigenvalue weighted by molar-refractivity contribution is 0.613. The van der Waals surface area contributed by atoms with Crippen LogP contribution in [0, 0.1) is 12.7 Å². The summed E-state index contributed by atoms with van der Waals surface area (Å²) in [6.45, 7) is 4.57. The highest BCUT2D eigenvalue weighted by Crippen LogP contribution is 2.19. The average molecular weight is 210 g/mol. The van der Waals surface area contributed by atoms with E-state index < -0.39 is 0 Å². The largest absolute Gasteiger partial charge is 0.372 e. The van der Waals surface area contributed by atoms with Gasteiger partial charge >= 0.3 is 0 Å². The Balaban J connectivity index is 2.81. The van der Waals surface area contributed by atoms with Gasteiger partial charge < -0.3 is 10.6 Å². The third kappa shape index (κ3) is 2.93. The van der Waals surface area contributed by atoms with Gasteiger partial charge in [0.2, 0.25) is 0 Å². The summed E-state index contributed by atoms with van der Waals surface area (Å²) in [5, 5.41) is 0. The summed E-state index contributed by atoms with van der Waals surface area (Å²) in [4.78, 5) is 2.12. The Morgan fingerprint density at radius 1 is 1.47 bits per heavy atom. The van der Waals surface area contributed by atoms with Crippen LogP contribution in [0.3, 0.4) is 0 Å². The maximum Gasteiger partial charge on any atom is 0.126 e. The van der Waals surface area contributed by atoms with Crippen LogP contribution in [0.4, 0.5) is 10.1 Å². The Morgan fingerprint density at radius 3 is 2.67 bits per heavy atom.